The maximum atomic E-state index is 6.62. The molecule has 141 heavy (non-hydrogen) atoms. The van der Waals surface area contributed by atoms with Crippen molar-refractivity contribution in [3.8, 4) is 67.2 Å². The molecule has 21 aromatic carbocycles. The highest BCUT2D eigenvalue weighted by atomic mass is 32.1. The largest absolute Gasteiger partial charge is 0.455 e. The zero-order valence-corrected chi connectivity index (χ0v) is 76.4. The number of thiophene rings is 2. The van der Waals surface area contributed by atoms with Gasteiger partial charge in [-0.2, -0.15) is 0 Å². The SMILES string of the molecule is c1ccc2c3c(ccc2c1)N(c1nc(-c2ccc4sc5ccccc5c4c2)c2oc4ccccc4c2n1)c1cccc2cccc-3c12.c1ccc2c3c(ccc2c1)N(c1nc(-c2cccc4c2oc2ccccc24)c2oc4ccccc4c2n1)c1cccc2cccc-3c12.c1ccc2c3c(ccc2c1)N(c1nc(-c2cccc4sc5ccccc5c24)c2oc4ccccc4c2n1)c1cccc2cccc-3c12. The molecule has 0 spiro atoms. The van der Waals surface area contributed by atoms with Crippen LogP contribution in [0.4, 0.5) is 52.0 Å². The first kappa shape index (κ1) is 77.7. The maximum Gasteiger partial charge on any atom is 0.236 e. The molecule has 654 valence electrons. The molecule has 9 aromatic heterocycles. The monoisotopic (exact) mass is 1840 g/mol. The van der Waals surface area contributed by atoms with E-state index in [1.807, 2.05) is 95.5 Å². The molecule has 13 nitrogen and oxygen atoms in total. The molecule has 33 rings (SSSR count). The first-order chi connectivity index (χ1) is 69.9. The average Bonchev–Trinajstić information content (AvgIpc) is 1.34. The van der Waals surface area contributed by atoms with E-state index in [2.05, 4.69) is 360 Å². The minimum Gasteiger partial charge on any atom is -0.455 e. The fourth-order valence-electron chi connectivity index (χ4n) is 22.7. The van der Waals surface area contributed by atoms with Gasteiger partial charge in [0.2, 0.25) is 17.8 Å². The van der Waals surface area contributed by atoms with Gasteiger partial charge in [0.05, 0.1) is 34.1 Å². The molecule has 0 aliphatic carbocycles. The van der Waals surface area contributed by atoms with E-state index >= 15 is 0 Å². The molecule has 0 atom stereocenters. The Bertz CT molecular complexity index is 10700. The van der Waals surface area contributed by atoms with Crippen molar-refractivity contribution in [2.45, 2.75) is 0 Å². The molecular formula is C126H69N9O4S2. The number of hydrogen-bond donors (Lipinski definition) is 0. The summed E-state index contributed by atoms with van der Waals surface area (Å²) in [4.78, 5) is 39.1. The molecule has 12 heterocycles. The molecular weight excluding hydrogens is 1770 g/mol. The Hall–Kier alpha value is -18.5. The second kappa shape index (κ2) is 30.0. The summed E-state index contributed by atoms with van der Waals surface area (Å²) in [6.45, 7) is 0. The van der Waals surface area contributed by atoms with Crippen LogP contribution in [0.1, 0.15) is 0 Å². The number of nitrogens with zero attached hydrogens (tertiary/aromatic N) is 9. The smallest absolute Gasteiger partial charge is 0.236 e. The van der Waals surface area contributed by atoms with Crippen LogP contribution in [0.25, 0.3) is 260 Å². The molecule has 0 amide bonds. The second-order valence-corrected chi connectivity index (χ2v) is 38.6. The van der Waals surface area contributed by atoms with Crippen LogP contribution in [-0.4, -0.2) is 29.9 Å². The number of fused-ring (bicyclic) bond motifs is 30. The predicted octanol–water partition coefficient (Wildman–Crippen LogP) is 36.0. The van der Waals surface area contributed by atoms with Gasteiger partial charge in [-0.1, -0.05) is 303 Å². The second-order valence-electron chi connectivity index (χ2n) is 36.4. The highest BCUT2D eigenvalue weighted by Crippen LogP contribution is 2.59. The van der Waals surface area contributed by atoms with E-state index in [4.69, 9.17) is 47.6 Å². The number of para-hydroxylation sites is 5. The van der Waals surface area contributed by atoms with E-state index in [1.165, 1.54) is 138 Å². The van der Waals surface area contributed by atoms with Gasteiger partial charge in [0.25, 0.3) is 0 Å². The van der Waals surface area contributed by atoms with Crippen LogP contribution in [0.15, 0.2) is 436 Å². The van der Waals surface area contributed by atoms with Crippen molar-refractivity contribution in [2.24, 2.45) is 0 Å². The molecule has 0 radical (unpaired) electrons. The van der Waals surface area contributed by atoms with Crippen molar-refractivity contribution in [1.29, 1.82) is 0 Å². The van der Waals surface area contributed by atoms with Gasteiger partial charge < -0.3 is 17.7 Å². The minimum atomic E-state index is 0.575. The first-order valence-corrected chi connectivity index (χ1v) is 48.9. The lowest BCUT2D eigenvalue weighted by Gasteiger charge is -2.32. The van der Waals surface area contributed by atoms with Gasteiger partial charge in [-0.25, -0.2) is 29.9 Å². The van der Waals surface area contributed by atoms with Crippen LogP contribution >= 0.6 is 22.7 Å². The summed E-state index contributed by atoms with van der Waals surface area (Å²) in [5.41, 5.74) is 27.2. The molecule has 3 aliphatic rings. The molecule has 30 aromatic rings. The molecule has 0 saturated carbocycles. The van der Waals surface area contributed by atoms with E-state index in [1.54, 1.807) is 0 Å². The van der Waals surface area contributed by atoms with Crippen LogP contribution in [0.3, 0.4) is 0 Å². The molecule has 0 N–H and O–H groups in total. The van der Waals surface area contributed by atoms with Gasteiger partial charge in [0.1, 0.15) is 61.5 Å². The van der Waals surface area contributed by atoms with Gasteiger partial charge >= 0.3 is 0 Å². The van der Waals surface area contributed by atoms with Gasteiger partial charge in [0, 0.05) is 117 Å². The van der Waals surface area contributed by atoms with E-state index < -0.39 is 0 Å². The summed E-state index contributed by atoms with van der Waals surface area (Å²) in [6.07, 6.45) is 0. The molecule has 0 saturated heterocycles. The van der Waals surface area contributed by atoms with Crippen LogP contribution in [-0.2, 0) is 0 Å². The van der Waals surface area contributed by atoms with Crippen molar-refractivity contribution in [3.05, 3.63) is 419 Å². The third kappa shape index (κ3) is 11.5. The van der Waals surface area contributed by atoms with Crippen LogP contribution in [0.2, 0.25) is 0 Å². The quantitative estimate of drug-likeness (QED) is 0.156. The summed E-state index contributed by atoms with van der Waals surface area (Å²) in [7, 11) is 0. The standard InChI is InChI=1S/C42H23N3O2.2C42H23N3OS/c1-2-13-26-24(10-1)22-23-33-37(26)30-17-7-11-25-12-8-19-32(36(25)30)45(33)42-43-38-29-15-4-6-21-35(29)47-41(38)39(44-42)31-18-9-16-28-27-14-3-5-20-34(27)46-40(28)31;1-2-13-26-24(10-1)22-23-32-37(26)29-16-7-11-25-12-8-18-31(36(25)29)45(32)42-43-39-27-14-3-5-19-33(27)46-41(39)40(44-42)30-17-9-21-35-38(30)28-15-4-6-20-34(28)47-35;1-2-12-27-24(9-1)19-21-33-38(27)30-15-7-10-25-11-8-16-32(37(25)30)45(33)42-43-39(41-40(44-42)29-14-3-5-17-34(29)46-41)26-20-22-36-31(23-26)28-13-4-6-18-35(28)47-36/h3*1-23H. The van der Waals surface area contributed by atoms with Crippen LogP contribution in [0.5, 0.6) is 0 Å². The summed E-state index contributed by atoms with van der Waals surface area (Å²) in [5, 5.41) is 24.2. The summed E-state index contributed by atoms with van der Waals surface area (Å²) in [5.74, 6) is 1.81. The van der Waals surface area contributed by atoms with Gasteiger partial charge in [-0.05, 0) is 180 Å². The number of rotatable bonds is 6. The van der Waals surface area contributed by atoms with E-state index in [9.17, 15) is 0 Å². The van der Waals surface area contributed by atoms with E-state index in [0.29, 0.717) is 40.3 Å². The minimum absolute atomic E-state index is 0.575. The molecule has 0 fully saturated rings. The Labute approximate surface area is 809 Å². The molecule has 3 aliphatic heterocycles. The highest BCUT2D eigenvalue weighted by molar-refractivity contribution is 7.26. The molecule has 0 unspecified atom stereocenters. The first-order valence-electron chi connectivity index (χ1n) is 47.3. The van der Waals surface area contributed by atoms with E-state index in [-0.39, 0.29) is 0 Å². The fourth-order valence-corrected chi connectivity index (χ4v) is 25.0. The molecule has 0 bridgehead atoms. The van der Waals surface area contributed by atoms with Crippen molar-refractivity contribution in [3.63, 3.8) is 0 Å². The van der Waals surface area contributed by atoms with Crippen LogP contribution in [0, 0.1) is 0 Å². The Morgan fingerprint density at radius 1 is 0.184 bits per heavy atom. The number of aromatic nitrogens is 6. The Morgan fingerprint density at radius 3 is 0.986 bits per heavy atom. The lowest BCUT2D eigenvalue weighted by atomic mass is 9.88. The zero-order chi connectivity index (χ0) is 91.9. The predicted molar refractivity (Wildman–Crippen MR) is 583 cm³/mol. The summed E-state index contributed by atoms with van der Waals surface area (Å²) in [6, 6.07) is 147. The van der Waals surface area contributed by atoms with Crippen molar-refractivity contribution in [2.75, 3.05) is 14.7 Å². The van der Waals surface area contributed by atoms with Crippen LogP contribution < -0.4 is 14.7 Å². The number of hydrogen-bond acceptors (Lipinski definition) is 15. The molecule has 15 heteroatoms. The van der Waals surface area contributed by atoms with Crippen molar-refractivity contribution >= 4 is 268 Å². The lowest BCUT2D eigenvalue weighted by Crippen LogP contribution is -2.18. The zero-order valence-electron chi connectivity index (χ0n) is 74.8. The van der Waals surface area contributed by atoms with Crippen molar-refractivity contribution in [1.82, 2.24) is 29.9 Å². The highest BCUT2D eigenvalue weighted by Gasteiger charge is 2.37. The Morgan fingerprint density at radius 2 is 0.504 bits per heavy atom. The Balaban J connectivity index is 0.0000000972. The number of benzene rings is 21. The Kier molecular flexibility index (Phi) is 16.5. The third-order valence-electron chi connectivity index (χ3n) is 28.8. The van der Waals surface area contributed by atoms with Gasteiger partial charge in [-0.3, -0.25) is 14.7 Å². The van der Waals surface area contributed by atoms with Gasteiger partial charge in [0.15, 0.2) is 16.7 Å². The third-order valence-corrected chi connectivity index (χ3v) is 31.1. The lowest BCUT2D eigenvalue weighted by molar-refractivity contribution is 0.662. The fraction of sp³-hybridized carbons (Fsp3) is 0. The van der Waals surface area contributed by atoms with Gasteiger partial charge in [-0.15, -0.1) is 22.7 Å². The topological polar surface area (TPSA) is 140 Å². The summed E-state index contributed by atoms with van der Waals surface area (Å²) >= 11 is 3.63. The number of furan rings is 4. The number of anilines is 9. The summed E-state index contributed by atoms with van der Waals surface area (Å²) < 4.78 is 31.3. The normalized spacial score (nSPS) is 12.6. The van der Waals surface area contributed by atoms with Crippen molar-refractivity contribution < 1.29 is 17.7 Å². The maximum absolute atomic E-state index is 6.62. The van der Waals surface area contributed by atoms with E-state index in [0.717, 1.165) is 134 Å². The average molecular weight is 1840 g/mol.